The quantitative estimate of drug-likeness (QED) is 0.613. The predicted molar refractivity (Wildman–Crippen MR) is 112 cm³/mol. The van der Waals surface area contributed by atoms with E-state index in [1.807, 2.05) is 0 Å². The standard InChI is InChI=1S/C23H20N2O4/c1-15(26)16-6-8-19(9-7-16)24-22(27)17-4-3-5-18(14-17)23(28)25-20-10-12-21(29-2)13-11-20/h3-14H,1-2H3,(H,24,27)(H,25,28). The molecule has 2 N–H and O–H groups in total. The van der Waals surface area contributed by atoms with Gasteiger partial charge in [0, 0.05) is 28.1 Å². The van der Waals surface area contributed by atoms with Gasteiger partial charge in [0.25, 0.3) is 11.8 Å². The van der Waals surface area contributed by atoms with Crippen LogP contribution in [0.4, 0.5) is 11.4 Å². The second-order valence-corrected chi connectivity index (χ2v) is 6.35. The summed E-state index contributed by atoms with van der Waals surface area (Å²) < 4.78 is 5.09. The fourth-order valence-corrected chi connectivity index (χ4v) is 2.67. The molecule has 6 nitrogen and oxygen atoms in total. The molecule has 3 aromatic carbocycles. The number of anilines is 2. The molecule has 0 unspecified atom stereocenters. The fourth-order valence-electron chi connectivity index (χ4n) is 2.67. The molecule has 3 aromatic rings. The van der Waals surface area contributed by atoms with Crippen molar-refractivity contribution < 1.29 is 19.1 Å². The van der Waals surface area contributed by atoms with E-state index >= 15 is 0 Å². The van der Waals surface area contributed by atoms with Crippen LogP contribution in [0.25, 0.3) is 0 Å². The Kier molecular flexibility index (Phi) is 6.04. The van der Waals surface area contributed by atoms with Gasteiger partial charge in [-0.15, -0.1) is 0 Å². The summed E-state index contributed by atoms with van der Waals surface area (Å²) in [4.78, 5) is 36.3. The van der Waals surface area contributed by atoms with Crippen molar-refractivity contribution in [1.82, 2.24) is 0 Å². The van der Waals surface area contributed by atoms with E-state index in [2.05, 4.69) is 10.6 Å². The van der Waals surface area contributed by atoms with Crippen molar-refractivity contribution in [1.29, 1.82) is 0 Å². The summed E-state index contributed by atoms with van der Waals surface area (Å²) in [7, 11) is 1.57. The van der Waals surface area contributed by atoms with E-state index in [0.717, 1.165) is 0 Å². The van der Waals surface area contributed by atoms with Gasteiger partial charge in [0.15, 0.2) is 5.78 Å². The molecule has 2 amide bonds. The van der Waals surface area contributed by atoms with Crippen LogP contribution >= 0.6 is 0 Å². The maximum absolute atomic E-state index is 12.5. The van der Waals surface area contributed by atoms with Crippen LogP contribution in [0.15, 0.2) is 72.8 Å². The van der Waals surface area contributed by atoms with E-state index < -0.39 is 0 Å². The molecule has 0 fully saturated rings. The maximum atomic E-state index is 12.5. The fraction of sp³-hybridized carbons (Fsp3) is 0.0870. The molecule has 0 aliphatic heterocycles. The SMILES string of the molecule is COc1ccc(NC(=O)c2cccc(C(=O)Nc3ccc(C(C)=O)cc3)c2)cc1. The molecule has 6 heteroatoms. The number of nitrogens with one attached hydrogen (secondary N) is 2. The Balaban J connectivity index is 1.69. The Morgan fingerprint density at radius 2 is 1.17 bits per heavy atom. The minimum Gasteiger partial charge on any atom is -0.497 e. The Labute approximate surface area is 168 Å². The maximum Gasteiger partial charge on any atom is 0.255 e. The van der Waals surface area contributed by atoms with Gasteiger partial charge in [0.05, 0.1) is 7.11 Å². The summed E-state index contributed by atoms with van der Waals surface area (Å²) in [6, 6.07) is 20.0. The van der Waals surface area contributed by atoms with Gasteiger partial charge in [-0.25, -0.2) is 0 Å². The van der Waals surface area contributed by atoms with Gasteiger partial charge in [-0.05, 0) is 73.7 Å². The van der Waals surface area contributed by atoms with Crippen LogP contribution in [0, 0.1) is 0 Å². The first-order chi connectivity index (χ1) is 14.0. The van der Waals surface area contributed by atoms with E-state index in [1.165, 1.54) is 13.0 Å². The summed E-state index contributed by atoms with van der Waals surface area (Å²) in [5.74, 6) is -0.0215. The minimum absolute atomic E-state index is 0.0431. The molecular formula is C23H20N2O4. The number of ketones is 1. The van der Waals surface area contributed by atoms with Crippen molar-refractivity contribution >= 4 is 29.0 Å². The summed E-state index contributed by atoms with van der Waals surface area (Å²) in [5, 5.41) is 5.54. The highest BCUT2D eigenvalue weighted by molar-refractivity contribution is 6.08. The van der Waals surface area contributed by atoms with Crippen molar-refractivity contribution in [2.75, 3.05) is 17.7 Å². The molecule has 0 bridgehead atoms. The van der Waals surface area contributed by atoms with E-state index in [4.69, 9.17) is 4.74 Å². The van der Waals surface area contributed by atoms with Crippen LogP contribution in [-0.2, 0) is 0 Å². The lowest BCUT2D eigenvalue weighted by molar-refractivity contribution is 0.101. The van der Waals surface area contributed by atoms with Crippen molar-refractivity contribution in [2.24, 2.45) is 0 Å². The summed E-state index contributed by atoms with van der Waals surface area (Å²) in [5.41, 5.74) is 2.47. The molecule has 0 saturated heterocycles. The first-order valence-corrected chi connectivity index (χ1v) is 8.94. The highest BCUT2D eigenvalue weighted by atomic mass is 16.5. The van der Waals surface area contributed by atoms with Crippen LogP contribution < -0.4 is 15.4 Å². The van der Waals surface area contributed by atoms with E-state index in [0.29, 0.717) is 33.8 Å². The summed E-state index contributed by atoms with van der Waals surface area (Å²) in [6.07, 6.45) is 0. The number of carbonyl (C=O) groups is 3. The molecule has 0 saturated carbocycles. The molecule has 0 atom stereocenters. The minimum atomic E-state index is -0.348. The van der Waals surface area contributed by atoms with Crippen LogP contribution in [-0.4, -0.2) is 24.7 Å². The number of ether oxygens (including phenoxy) is 1. The van der Waals surface area contributed by atoms with Gasteiger partial charge in [0.1, 0.15) is 5.75 Å². The van der Waals surface area contributed by atoms with Gasteiger partial charge >= 0.3 is 0 Å². The number of carbonyl (C=O) groups excluding carboxylic acids is 3. The summed E-state index contributed by atoms with van der Waals surface area (Å²) >= 11 is 0. The average molecular weight is 388 g/mol. The monoisotopic (exact) mass is 388 g/mol. The first kappa shape index (κ1) is 19.8. The van der Waals surface area contributed by atoms with Crippen LogP contribution in [0.5, 0.6) is 5.75 Å². The zero-order valence-corrected chi connectivity index (χ0v) is 16.1. The zero-order valence-electron chi connectivity index (χ0n) is 16.1. The second kappa shape index (κ2) is 8.84. The Bertz CT molecular complexity index is 1040. The lowest BCUT2D eigenvalue weighted by Gasteiger charge is -2.09. The number of Topliss-reactive ketones (excluding diaryl/α,β-unsaturated/α-hetero) is 1. The van der Waals surface area contributed by atoms with E-state index in [-0.39, 0.29) is 17.6 Å². The lowest BCUT2D eigenvalue weighted by Crippen LogP contribution is -2.15. The smallest absolute Gasteiger partial charge is 0.255 e. The first-order valence-electron chi connectivity index (χ1n) is 8.94. The van der Waals surface area contributed by atoms with E-state index in [1.54, 1.807) is 73.8 Å². The van der Waals surface area contributed by atoms with Crippen molar-refractivity contribution in [3.63, 3.8) is 0 Å². The lowest BCUT2D eigenvalue weighted by atomic mass is 10.1. The number of rotatable bonds is 6. The predicted octanol–water partition coefficient (Wildman–Crippen LogP) is 4.40. The van der Waals surface area contributed by atoms with Crippen molar-refractivity contribution in [3.05, 3.63) is 89.5 Å². The number of methoxy groups -OCH3 is 1. The number of amides is 2. The van der Waals surface area contributed by atoms with Crippen LogP contribution in [0.3, 0.4) is 0 Å². The van der Waals surface area contributed by atoms with Gasteiger partial charge in [-0.3, -0.25) is 14.4 Å². The third kappa shape index (κ3) is 5.07. The topological polar surface area (TPSA) is 84.5 Å². The third-order valence-electron chi connectivity index (χ3n) is 4.28. The van der Waals surface area contributed by atoms with Crippen LogP contribution in [0.1, 0.15) is 38.0 Å². The molecule has 0 aromatic heterocycles. The Morgan fingerprint density at radius 3 is 1.62 bits per heavy atom. The average Bonchev–Trinajstić information content (AvgIpc) is 2.74. The highest BCUT2D eigenvalue weighted by Crippen LogP contribution is 2.17. The van der Waals surface area contributed by atoms with Crippen molar-refractivity contribution in [2.45, 2.75) is 6.92 Å². The normalized spacial score (nSPS) is 10.1. The number of hydrogen-bond donors (Lipinski definition) is 2. The molecule has 3 rings (SSSR count). The largest absolute Gasteiger partial charge is 0.497 e. The molecule has 0 aliphatic rings. The molecule has 146 valence electrons. The Morgan fingerprint density at radius 1 is 0.690 bits per heavy atom. The molecular weight excluding hydrogens is 368 g/mol. The zero-order chi connectivity index (χ0) is 20.8. The molecule has 0 radical (unpaired) electrons. The van der Waals surface area contributed by atoms with Gasteiger partial charge in [-0.1, -0.05) is 6.07 Å². The third-order valence-corrected chi connectivity index (χ3v) is 4.28. The second-order valence-electron chi connectivity index (χ2n) is 6.35. The van der Waals surface area contributed by atoms with Gasteiger partial charge < -0.3 is 15.4 Å². The molecule has 29 heavy (non-hydrogen) atoms. The van der Waals surface area contributed by atoms with Crippen LogP contribution in [0.2, 0.25) is 0 Å². The van der Waals surface area contributed by atoms with Gasteiger partial charge in [-0.2, -0.15) is 0 Å². The number of benzene rings is 3. The molecule has 0 aliphatic carbocycles. The highest BCUT2D eigenvalue weighted by Gasteiger charge is 2.11. The molecule has 0 spiro atoms. The summed E-state index contributed by atoms with van der Waals surface area (Å²) in [6.45, 7) is 1.48. The van der Waals surface area contributed by atoms with Gasteiger partial charge in [0.2, 0.25) is 0 Å². The molecule has 0 heterocycles. The van der Waals surface area contributed by atoms with Crippen molar-refractivity contribution in [3.8, 4) is 5.75 Å². The Hall–Kier alpha value is -3.93. The number of hydrogen-bond acceptors (Lipinski definition) is 4. The van der Waals surface area contributed by atoms with E-state index in [9.17, 15) is 14.4 Å².